The molecule has 3 N–H and O–H groups in total. The van der Waals surface area contributed by atoms with Crippen LogP contribution in [0.25, 0.3) is 23.3 Å². The monoisotopic (exact) mass is 332 g/mol. The number of hydrazine groups is 1. The van der Waals surface area contributed by atoms with E-state index in [1.807, 2.05) is 24.4 Å². The third-order valence-corrected chi connectivity index (χ3v) is 3.70. The van der Waals surface area contributed by atoms with E-state index in [9.17, 15) is 4.79 Å². The third-order valence-electron chi connectivity index (χ3n) is 3.46. The molecule has 0 atom stereocenters. The molecule has 1 aliphatic heterocycles. The standard InChI is InChI=1S/C16H17ClN4O2/c1-2-23-15(22)5-6-18-16-11-4-3-10(17)7-13(11)21-14-9-20-19-8-12(14)16/h3-4,7-9,18-20H,2,5-6H2,1H3. The topological polar surface area (TPSA) is 75.3 Å². The Morgan fingerprint density at radius 2 is 2.17 bits per heavy atom. The second-order valence-electron chi connectivity index (χ2n) is 5.01. The molecule has 0 bridgehead atoms. The Balaban J connectivity index is 1.99. The van der Waals surface area contributed by atoms with Crippen molar-refractivity contribution >= 4 is 46.6 Å². The molecule has 0 saturated carbocycles. The summed E-state index contributed by atoms with van der Waals surface area (Å²) in [5, 5.41) is 6.64. The summed E-state index contributed by atoms with van der Waals surface area (Å²) in [6, 6.07) is 5.57. The fraction of sp³-hybridized carbons (Fsp3) is 0.250. The normalized spacial score (nSPS) is 12.3. The molecule has 0 aliphatic carbocycles. The van der Waals surface area contributed by atoms with Gasteiger partial charge in [-0.3, -0.25) is 4.79 Å². The number of halogens is 1. The SMILES string of the molecule is CCOC(=O)CCNc1c2c(nc3cc(Cl)ccc13)=CNNC=2. The number of rotatable bonds is 5. The van der Waals surface area contributed by atoms with Crippen LogP contribution in [0.4, 0.5) is 5.69 Å². The van der Waals surface area contributed by atoms with E-state index >= 15 is 0 Å². The van der Waals surface area contributed by atoms with Crippen LogP contribution in [-0.2, 0) is 9.53 Å². The maximum atomic E-state index is 11.5. The first kappa shape index (κ1) is 15.4. The fourth-order valence-electron chi connectivity index (χ4n) is 2.47. The lowest BCUT2D eigenvalue weighted by Crippen LogP contribution is -2.42. The van der Waals surface area contributed by atoms with Gasteiger partial charge in [-0.15, -0.1) is 0 Å². The van der Waals surface area contributed by atoms with Crippen molar-refractivity contribution in [2.75, 3.05) is 18.5 Å². The van der Waals surface area contributed by atoms with Crippen LogP contribution in [0.3, 0.4) is 0 Å². The molecule has 2 heterocycles. The van der Waals surface area contributed by atoms with Crippen molar-refractivity contribution in [2.24, 2.45) is 0 Å². The highest BCUT2D eigenvalue weighted by Crippen LogP contribution is 2.21. The van der Waals surface area contributed by atoms with Gasteiger partial charge in [-0.25, -0.2) is 4.98 Å². The lowest BCUT2D eigenvalue weighted by molar-refractivity contribution is -0.142. The largest absolute Gasteiger partial charge is 0.466 e. The smallest absolute Gasteiger partial charge is 0.307 e. The molecule has 1 aromatic heterocycles. The molecule has 0 fully saturated rings. The lowest BCUT2D eigenvalue weighted by Gasteiger charge is -2.14. The van der Waals surface area contributed by atoms with Crippen LogP contribution in [0.15, 0.2) is 18.2 Å². The number of ether oxygens (including phenoxy) is 1. The second kappa shape index (κ2) is 6.75. The Morgan fingerprint density at radius 3 is 3.00 bits per heavy atom. The number of esters is 1. The van der Waals surface area contributed by atoms with E-state index in [4.69, 9.17) is 16.3 Å². The van der Waals surface area contributed by atoms with Crippen molar-refractivity contribution in [1.82, 2.24) is 15.8 Å². The zero-order valence-corrected chi connectivity index (χ0v) is 13.4. The van der Waals surface area contributed by atoms with E-state index in [0.29, 0.717) is 24.6 Å². The van der Waals surface area contributed by atoms with Crippen molar-refractivity contribution in [2.45, 2.75) is 13.3 Å². The first-order valence-electron chi connectivity index (χ1n) is 7.39. The van der Waals surface area contributed by atoms with Gasteiger partial charge in [-0.05, 0) is 25.1 Å². The molecular formula is C16H17ClN4O2. The van der Waals surface area contributed by atoms with Crippen LogP contribution in [0.1, 0.15) is 13.3 Å². The van der Waals surface area contributed by atoms with E-state index in [1.165, 1.54) is 0 Å². The van der Waals surface area contributed by atoms with Gasteiger partial charge < -0.3 is 20.9 Å². The van der Waals surface area contributed by atoms with Crippen molar-refractivity contribution in [3.05, 3.63) is 33.8 Å². The Bertz CT molecular complexity index is 866. The predicted molar refractivity (Wildman–Crippen MR) is 90.9 cm³/mol. The first-order valence-corrected chi connectivity index (χ1v) is 7.77. The van der Waals surface area contributed by atoms with Crippen LogP contribution in [0.2, 0.25) is 5.02 Å². The number of hydrogen-bond acceptors (Lipinski definition) is 6. The van der Waals surface area contributed by atoms with Gasteiger partial charge in [-0.2, -0.15) is 0 Å². The maximum absolute atomic E-state index is 11.5. The highest BCUT2D eigenvalue weighted by molar-refractivity contribution is 6.31. The fourth-order valence-corrected chi connectivity index (χ4v) is 2.63. The number of fused-ring (bicyclic) bond motifs is 2. The van der Waals surface area contributed by atoms with Gasteiger partial charge in [0.15, 0.2) is 0 Å². The van der Waals surface area contributed by atoms with E-state index in [2.05, 4.69) is 21.2 Å². The summed E-state index contributed by atoms with van der Waals surface area (Å²) in [5.41, 5.74) is 7.57. The van der Waals surface area contributed by atoms with Crippen LogP contribution >= 0.6 is 11.6 Å². The summed E-state index contributed by atoms with van der Waals surface area (Å²) in [6.45, 7) is 2.67. The molecule has 0 amide bonds. The molecule has 0 radical (unpaired) electrons. The highest BCUT2D eigenvalue weighted by Gasteiger charge is 2.10. The Morgan fingerprint density at radius 1 is 1.35 bits per heavy atom. The van der Waals surface area contributed by atoms with Gasteiger partial charge in [0.05, 0.1) is 29.6 Å². The molecular weight excluding hydrogens is 316 g/mol. The molecule has 120 valence electrons. The summed E-state index contributed by atoms with van der Waals surface area (Å²) >= 11 is 6.07. The minimum Gasteiger partial charge on any atom is -0.466 e. The number of nitrogens with one attached hydrogen (secondary N) is 3. The van der Waals surface area contributed by atoms with Gasteiger partial charge in [0, 0.05) is 34.6 Å². The van der Waals surface area contributed by atoms with Crippen molar-refractivity contribution in [3.8, 4) is 0 Å². The lowest BCUT2D eigenvalue weighted by atomic mass is 10.1. The van der Waals surface area contributed by atoms with Gasteiger partial charge in [0.1, 0.15) is 0 Å². The van der Waals surface area contributed by atoms with Gasteiger partial charge >= 0.3 is 5.97 Å². The number of anilines is 1. The van der Waals surface area contributed by atoms with Crippen LogP contribution < -0.4 is 26.7 Å². The van der Waals surface area contributed by atoms with Gasteiger partial charge in [0.25, 0.3) is 0 Å². The van der Waals surface area contributed by atoms with E-state index < -0.39 is 0 Å². The van der Waals surface area contributed by atoms with Crippen molar-refractivity contribution in [3.63, 3.8) is 0 Å². The molecule has 6 nitrogen and oxygen atoms in total. The van der Waals surface area contributed by atoms with Crippen molar-refractivity contribution < 1.29 is 9.53 Å². The molecule has 0 spiro atoms. The number of carbonyl (C=O) groups excluding carboxylic acids is 1. The molecule has 2 aromatic rings. The number of carbonyl (C=O) groups is 1. The number of pyridine rings is 1. The average Bonchev–Trinajstić information content (AvgIpc) is 2.54. The van der Waals surface area contributed by atoms with E-state index in [-0.39, 0.29) is 5.97 Å². The summed E-state index contributed by atoms with van der Waals surface area (Å²) in [4.78, 5) is 16.1. The maximum Gasteiger partial charge on any atom is 0.307 e. The molecule has 1 aromatic carbocycles. The summed E-state index contributed by atoms with van der Waals surface area (Å²) in [5.74, 6) is -0.217. The molecule has 1 aliphatic rings. The molecule has 7 heteroatoms. The Hall–Kier alpha value is -2.47. The predicted octanol–water partition coefficient (Wildman–Crippen LogP) is 0.837. The molecule has 3 rings (SSSR count). The zero-order valence-electron chi connectivity index (χ0n) is 12.6. The summed E-state index contributed by atoms with van der Waals surface area (Å²) in [6.07, 6.45) is 3.92. The van der Waals surface area contributed by atoms with E-state index in [0.717, 1.165) is 27.2 Å². The highest BCUT2D eigenvalue weighted by atomic mass is 35.5. The number of nitrogens with zero attached hydrogens (tertiary/aromatic N) is 1. The molecule has 23 heavy (non-hydrogen) atoms. The van der Waals surface area contributed by atoms with E-state index in [1.54, 1.807) is 13.1 Å². The Labute approximate surface area is 138 Å². The molecule has 0 saturated heterocycles. The van der Waals surface area contributed by atoms with Crippen molar-refractivity contribution in [1.29, 1.82) is 0 Å². The molecule has 0 unspecified atom stereocenters. The quantitative estimate of drug-likeness (QED) is 0.704. The minimum absolute atomic E-state index is 0.217. The number of hydrogen-bond donors (Lipinski definition) is 3. The summed E-state index contributed by atoms with van der Waals surface area (Å²) < 4.78 is 4.95. The number of aromatic nitrogens is 1. The first-order chi connectivity index (χ1) is 11.2. The van der Waals surface area contributed by atoms with Crippen LogP contribution in [0.5, 0.6) is 0 Å². The average molecular weight is 333 g/mol. The third kappa shape index (κ3) is 3.32. The van der Waals surface area contributed by atoms with Gasteiger partial charge in [0.2, 0.25) is 0 Å². The number of benzene rings is 1. The Kier molecular flexibility index (Phi) is 4.52. The second-order valence-corrected chi connectivity index (χ2v) is 5.44. The minimum atomic E-state index is -0.217. The van der Waals surface area contributed by atoms with Gasteiger partial charge in [-0.1, -0.05) is 11.6 Å². The zero-order chi connectivity index (χ0) is 16.2. The van der Waals surface area contributed by atoms with Crippen LogP contribution in [0, 0.1) is 0 Å². The summed E-state index contributed by atoms with van der Waals surface area (Å²) in [7, 11) is 0. The van der Waals surface area contributed by atoms with Crippen LogP contribution in [-0.4, -0.2) is 24.1 Å².